The van der Waals surface area contributed by atoms with Crippen molar-refractivity contribution in [1.82, 2.24) is 0 Å². The van der Waals surface area contributed by atoms with Crippen molar-refractivity contribution < 1.29 is 13.2 Å². The SMILES string of the molecule is CCC(=O)N1CCCc2cc(NS(=O)(=O)c3cc(Cl)ccc3Cl)ccc21. The largest absolute Gasteiger partial charge is 0.312 e. The number of benzene rings is 2. The van der Waals surface area contributed by atoms with Crippen LogP contribution in [0.2, 0.25) is 10.0 Å². The highest BCUT2D eigenvalue weighted by atomic mass is 35.5. The molecular weight excluding hydrogens is 395 g/mol. The summed E-state index contributed by atoms with van der Waals surface area (Å²) in [5.41, 5.74) is 2.20. The van der Waals surface area contributed by atoms with E-state index >= 15 is 0 Å². The van der Waals surface area contributed by atoms with Gasteiger partial charge in [0.2, 0.25) is 5.91 Å². The van der Waals surface area contributed by atoms with Crippen LogP contribution in [0.4, 0.5) is 11.4 Å². The molecule has 0 saturated carbocycles. The van der Waals surface area contributed by atoms with Crippen LogP contribution < -0.4 is 9.62 Å². The van der Waals surface area contributed by atoms with E-state index in [2.05, 4.69) is 4.72 Å². The maximum atomic E-state index is 12.6. The number of hydrogen-bond acceptors (Lipinski definition) is 3. The summed E-state index contributed by atoms with van der Waals surface area (Å²) in [6.07, 6.45) is 2.06. The Balaban J connectivity index is 1.92. The second-order valence-corrected chi connectivity index (χ2v) is 8.52. The number of anilines is 2. The molecule has 0 unspecified atom stereocenters. The molecule has 1 amide bonds. The van der Waals surface area contributed by atoms with Gasteiger partial charge < -0.3 is 4.90 Å². The minimum absolute atomic E-state index is 0.0602. The van der Waals surface area contributed by atoms with Gasteiger partial charge in [-0.2, -0.15) is 0 Å². The molecule has 8 heteroatoms. The van der Waals surface area contributed by atoms with Crippen LogP contribution in [-0.4, -0.2) is 20.9 Å². The Hall–Kier alpha value is -1.76. The quantitative estimate of drug-likeness (QED) is 0.804. The molecule has 1 aliphatic heterocycles. The van der Waals surface area contributed by atoms with Crippen LogP contribution >= 0.6 is 23.2 Å². The molecule has 138 valence electrons. The summed E-state index contributed by atoms with van der Waals surface area (Å²) in [5.74, 6) is 0.0602. The number of halogens is 2. The smallest absolute Gasteiger partial charge is 0.263 e. The summed E-state index contributed by atoms with van der Waals surface area (Å²) in [7, 11) is -3.87. The van der Waals surface area contributed by atoms with Gasteiger partial charge in [0.25, 0.3) is 10.0 Å². The van der Waals surface area contributed by atoms with Crippen LogP contribution in [0.1, 0.15) is 25.3 Å². The van der Waals surface area contributed by atoms with Gasteiger partial charge in [0, 0.05) is 29.4 Å². The molecule has 0 bridgehead atoms. The monoisotopic (exact) mass is 412 g/mol. The molecular formula is C18H18Cl2N2O3S. The van der Waals surface area contributed by atoms with Crippen molar-refractivity contribution in [2.24, 2.45) is 0 Å². The van der Waals surface area contributed by atoms with Crippen molar-refractivity contribution in [3.8, 4) is 0 Å². The van der Waals surface area contributed by atoms with Crippen molar-refractivity contribution in [2.45, 2.75) is 31.1 Å². The van der Waals surface area contributed by atoms with Crippen LogP contribution in [0.5, 0.6) is 0 Å². The summed E-state index contributed by atoms with van der Waals surface area (Å²) in [6.45, 7) is 2.51. The van der Waals surface area contributed by atoms with Crippen LogP contribution in [0.3, 0.4) is 0 Å². The minimum Gasteiger partial charge on any atom is -0.312 e. The van der Waals surface area contributed by atoms with Crippen molar-refractivity contribution in [2.75, 3.05) is 16.2 Å². The molecule has 3 rings (SSSR count). The highest BCUT2D eigenvalue weighted by Gasteiger charge is 2.23. The number of rotatable bonds is 4. The number of hydrogen-bond donors (Lipinski definition) is 1. The normalized spacial score (nSPS) is 14.0. The van der Waals surface area contributed by atoms with Crippen molar-refractivity contribution >= 4 is 50.5 Å². The second-order valence-electron chi connectivity index (χ2n) is 6.03. The molecule has 2 aromatic carbocycles. The average Bonchev–Trinajstić information content (AvgIpc) is 2.62. The Morgan fingerprint density at radius 1 is 1.19 bits per heavy atom. The number of carbonyl (C=O) groups excluding carboxylic acids is 1. The Morgan fingerprint density at radius 3 is 2.69 bits per heavy atom. The molecule has 2 aromatic rings. The third-order valence-corrected chi connectivity index (χ3v) is 6.33. The zero-order valence-corrected chi connectivity index (χ0v) is 16.5. The highest BCUT2D eigenvalue weighted by Crippen LogP contribution is 2.32. The number of fused-ring (bicyclic) bond motifs is 1. The van der Waals surface area contributed by atoms with Gasteiger partial charge in [0.1, 0.15) is 4.90 Å². The first kappa shape index (κ1) is 19.0. The first-order valence-electron chi connectivity index (χ1n) is 8.23. The first-order valence-corrected chi connectivity index (χ1v) is 10.5. The lowest BCUT2D eigenvalue weighted by molar-refractivity contribution is -0.118. The van der Waals surface area contributed by atoms with Crippen molar-refractivity contribution in [3.05, 3.63) is 52.0 Å². The van der Waals surface area contributed by atoms with E-state index in [1.54, 1.807) is 23.1 Å². The first-order chi connectivity index (χ1) is 12.3. The van der Waals surface area contributed by atoms with Gasteiger partial charge in [-0.1, -0.05) is 30.1 Å². The molecule has 0 radical (unpaired) electrons. The molecule has 5 nitrogen and oxygen atoms in total. The van der Waals surface area contributed by atoms with E-state index in [-0.39, 0.29) is 20.8 Å². The van der Waals surface area contributed by atoms with E-state index in [0.29, 0.717) is 18.7 Å². The third-order valence-electron chi connectivity index (χ3n) is 4.24. The highest BCUT2D eigenvalue weighted by molar-refractivity contribution is 7.92. The predicted octanol–water partition coefficient (Wildman–Crippen LogP) is 4.48. The Bertz CT molecular complexity index is 961. The van der Waals surface area contributed by atoms with E-state index in [0.717, 1.165) is 24.1 Å². The van der Waals surface area contributed by atoms with Crippen molar-refractivity contribution in [3.63, 3.8) is 0 Å². The zero-order chi connectivity index (χ0) is 18.9. The summed E-state index contributed by atoms with van der Waals surface area (Å²) in [6, 6.07) is 9.48. The summed E-state index contributed by atoms with van der Waals surface area (Å²) < 4.78 is 27.8. The fraction of sp³-hybridized carbons (Fsp3) is 0.278. The van der Waals surface area contributed by atoms with Gasteiger partial charge in [-0.25, -0.2) is 8.42 Å². The molecule has 1 N–H and O–H groups in total. The fourth-order valence-corrected chi connectivity index (χ4v) is 4.82. The summed E-state index contributed by atoms with van der Waals surface area (Å²) in [4.78, 5) is 13.8. The predicted molar refractivity (Wildman–Crippen MR) is 105 cm³/mol. The van der Waals surface area contributed by atoms with Gasteiger partial charge in [0.05, 0.1) is 5.02 Å². The third kappa shape index (κ3) is 3.82. The molecule has 0 atom stereocenters. The van der Waals surface area contributed by atoms with Crippen LogP contribution in [0.15, 0.2) is 41.3 Å². The molecule has 0 spiro atoms. The number of nitrogens with zero attached hydrogens (tertiary/aromatic N) is 1. The average molecular weight is 413 g/mol. The molecule has 0 fully saturated rings. The van der Waals surface area contributed by atoms with E-state index in [1.165, 1.54) is 18.2 Å². The van der Waals surface area contributed by atoms with E-state index in [1.807, 2.05) is 6.92 Å². The molecule has 26 heavy (non-hydrogen) atoms. The summed E-state index contributed by atoms with van der Waals surface area (Å²) >= 11 is 11.9. The maximum absolute atomic E-state index is 12.6. The second kappa shape index (κ2) is 7.47. The fourth-order valence-electron chi connectivity index (χ4n) is 3.00. The standard InChI is InChI=1S/C18H18Cl2N2O3S/c1-2-18(23)22-9-3-4-12-10-14(6-8-16(12)22)21-26(24,25)17-11-13(19)5-7-15(17)20/h5-8,10-11,21H,2-4,9H2,1H3. The van der Waals surface area contributed by atoms with E-state index in [4.69, 9.17) is 23.2 Å². The molecule has 0 aromatic heterocycles. The maximum Gasteiger partial charge on any atom is 0.263 e. The summed E-state index contributed by atoms with van der Waals surface area (Å²) in [5, 5.41) is 0.383. The lowest BCUT2D eigenvalue weighted by Gasteiger charge is -2.29. The van der Waals surface area contributed by atoms with Crippen LogP contribution in [0, 0.1) is 0 Å². The Labute approximate surface area is 163 Å². The van der Waals surface area contributed by atoms with Gasteiger partial charge in [-0.15, -0.1) is 0 Å². The topological polar surface area (TPSA) is 66.5 Å². The number of sulfonamides is 1. The number of amides is 1. The van der Waals surface area contributed by atoms with Gasteiger partial charge in [0.15, 0.2) is 0 Å². The van der Waals surface area contributed by atoms with Gasteiger partial charge >= 0.3 is 0 Å². The number of aryl methyl sites for hydroxylation is 1. The number of nitrogens with one attached hydrogen (secondary N) is 1. The lowest BCUT2D eigenvalue weighted by atomic mass is 10.0. The molecule has 0 aliphatic carbocycles. The number of carbonyl (C=O) groups is 1. The van der Waals surface area contributed by atoms with Gasteiger partial charge in [-0.05, 0) is 54.8 Å². The molecule has 0 saturated heterocycles. The lowest BCUT2D eigenvalue weighted by Crippen LogP contribution is -2.34. The minimum atomic E-state index is -3.87. The molecule has 1 aliphatic rings. The zero-order valence-electron chi connectivity index (χ0n) is 14.1. The Morgan fingerprint density at radius 2 is 1.96 bits per heavy atom. The molecule has 1 heterocycles. The van der Waals surface area contributed by atoms with E-state index < -0.39 is 10.0 Å². The Kier molecular flexibility index (Phi) is 5.46. The van der Waals surface area contributed by atoms with E-state index in [9.17, 15) is 13.2 Å². The van der Waals surface area contributed by atoms with Crippen LogP contribution in [-0.2, 0) is 21.2 Å². The van der Waals surface area contributed by atoms with Gasteiger partial charge in [-0.3, -0.25) is 9.52 Å². The van der Waals surface area contributed by atoms with Crippen molar-refractivity contribution in [1.29, 1.82) is 0 Å². The van der Waals surface area contributed by atoms with Crippen LogP contribution in [0.25, 0.3) is 0 Å².